The molecule has 7 heteroatoms. The van der Waals surface area contributed by atoms with Gasteiger partial charge in [-0.25, -0.2) is 0 Å². The van der Waals surface area contributed by atoms with E-state index in [2.05, 4.69) is 5.32 Å². The maximum Gasteiger partial charge on any atom is 0.344 e. The van der Waals surface area contributed by atoms with Crippen molar-refractivity contribution in [1.82, 2.24) is 5.32 Å². The van der Waals surface area contributed by atoms with Crippen molar-refractivity contribution < 1.29 is 23.5 Å². The summed E-state index contributed by atoms with van der Waals surface area (Å²) in [4.78, 5) is 10.6. The van der Waals surface area contributed by atoms with Crippen LogP contribution in [0, 0.1) is 0 Å². The molecule has 0 atom stereocenters. The molecule has 0 saturated heterocycles. The Hall–Kier alpha value is -1.98. The number of benzene rings is 2. The molecule has 2 N–H and O–H groups in total. The predicted octanol–water partition coefficient (Wildman–Crippen LogP) is 3.24. The van der Waals surface area contributed by atoms with Gasteiger partial charge in [-0.2, -0.15) is 0 Å². The first-order valence-corrected chi connectivity index (χ1v) is 9.19. The second kappa shape index (κ2) is 9.35. The number of nitrogens with one attached hydrogen (secondary N) is 1. The van der Waals surface area contributed by atoms with Gasteiger partial charge < -0.3 is 14.2 Å². The highest BCUT2D eigenvalue weighted by atomic mass is 31.2. The molecule has 0 aliphatic carbocycles. The topological polar surface area (TPSA) is 84.9 Å². The highest BCUT2D eigenvalue weighted by Gasteiger charge is 2.25. The molecule has 24 heavy (non-hydrogen) atoms. The molecule has 0 unspecified atom stereocenters. The summed E-state index contributed by atoms with van der Waals surface area (Å²) in [6.07, 6.45) is -0.168. The van der Waals surface area contributed by atoms with Crippen molar-refractivity contribution in [3.63, 3.8) is 0 Å². The van der Waals surface area contributed by atoms with Crippen LogP contribution in [0.3, 0.4) is 0 Å². The summed E-state index contributed by atoms with van der Waals surface area (Å²) in [5, 5.41) is 11.3. The van der Waals surface area contributed by atoms with Gasteiger partial charge in [0.1, 0.15) is 0 Å². The van der Waals surface area contributed by atoms with E-state index in [4.69, 9.17) is 14.2 Å². The van der Waals surface area contributed by atoms with Crippen LogP contribution in [-0.4, -0.2) is 23.9 Å². The van der Waals surface area contributed by atoms with Crippen molar-refractivity contribution in [1.29, 1.82) is 0 Å². The van der Waals surface area contributed by atoms with E-state index in [1.165, 1.54) is 0 Å². The van der Waals surface area contributed by atoms with Crippen LogP contribution in [0.25, 0.3) is 0 Å². The van der Waals surface area contributed by atoms with Gasteiger partial charge in [-0.05, 0) is 11.1 Å². The van der Waals surface area contributed by atoms with Crippen molar-refractivity contribution in [2.45, 2.75) is 13.2 Å². The summed E-state index contributed by atoms with van der Waals surface area (Å²) in [5.74, 6) is -1.03. The molecule has 2 aromatic rings. The second-order valence-electron chi connectivity index (χ2n) is 5.11. The van der Waals surface area contributed by atoms with Crippen LogP contribution < -0.4 is 5.32 Å². The zero-order valence-corrected chi connectivity index (χ0v) is 14.0. The molecule has 0 saturated carbocycles. The highest BCUT2D eigenvalue weighted by molar-refractivity contribution is 7.53. The molecule has 0 aromatic heterocycles. The van der Waals surface area contributed by atoms with Crippen LogP contribution in [0.15, 0.2) is 60.7 Å². The predicted molar refractivity (Wildman–Crippen MR) is 90.6 cm³/mol. The van der Waals surface area contributed by atoms with Gasteiger partial charge in [-0.15, -0.1) is 0 Å². The van der Waals surface area contributed by atoms with Crippen molar-refractivity contribution >= 4 is 13.6 Å². The van der Waals surface area contributed by atoms with E-state index < -0.39 is 13.6 Å². The van der Waals surface area contributed by atoms with Gasteiger partial charge in [-0.3, -0.25) is 14.7 Å². The van der Waals surface area contributed by atoms with Gasteiger partial charge in [0.2, 0.25) is 0 Å². The quantitative estimate of drug-likeness (QED) is 0.641. The first kappa shape index (κ1) is 18.4. The summed E-state index contributed by atoms with van der Waals surface area (Å²) in [5.41, 5.74) is 1.72. The molecule has 0 amide bonds. The normalized spacial score (nSPS) is 11.3. The van der Waals surface area contributed by atoms with E-state index in [-0.39, 0.29) is 26.0 Å². The average molecular weight is 349 g/mol. The number of hydrogen-bond acceptors (Lipinski definition) is 5. The van der Waals surface area contributed by atoms with Crippen molar-refractivity contribution in [3.05, 3.63) is 71.8 Å². The van der Waals surface area contributed by atoms with Crippen molar-refractivity contribution in [3.8, 4) is 0 Å². The number of carbonyl (C=O) groups is 1. The van der Waals surface area contributed by atoms with Crippen LogP contribution in [0.1, 0.15) is 11.1 Å². The van der Waals surface area contributed by atoms with E-state index in [1.807, 2.05) is 60.7 Å². The van der Waals surface area contributed by atoms with Crippen LogP contribution in [-0.2, 0) is 31.6 Å². The smallest absolute Gasteiger partial charge is 0.344 e. The van der Waals surface area contributed by atoms with Crippen molar-refractivity contribution in [2.75, 3.05) is 12.8 Å². The van der Waals surface area contributed by atoms with E-state index in [1.54, 1.807) is 0 Å². The standard InChI is InChI=1S/C17H20NO5P/c19-17(20)11-18-14-24(21,22-12-15-7-3-1-4-8-15)23-13-16-9-5-2-6-10-16/h1-10,18H,11-14H2,(H,19,20). The fraction of sp³-hybridized carbons (Fsp3) is 0.235. The number of carboxylic acid groups (broad SMARTS) is 1. The van der Waals surface area contributed by atoms with Gasteiger partial charge in [0.15, 0.2) is 0 Å². The lowest BCUT2D eigenvalue weighted by molar-refractivity contribution is -0.135. The van der Waals surface area contributed by atoms with Gasteiger partial charge in [0, 0.05) is 0 Å². The third-order valence-electron chi connectivity index (χ3n) is 3.12. The number of rotatable bonds is 10. The first-order chi connectivity index (χ1) is 11.6. The molecule has 0 fully saturated rings. The van der Waals surface area contributed by atoms with Gasteiger partial charge >= 0.3 is 13.6 Å². The molecule has 2 rings (SSSR count). The van der Waals surface area contributed by atoms with E-state index >= 15 is 0 Å². The van der Waals surface area contributed by atoms with Gasteiger partial charge in [0.25, 0.3) is 0 Å². The Morgan fingerprint density at radius 3 is 1.79 bits per heavy atom. The molecule has 128 valence electrons. The van der Waals surface area contributed by atoms with Crippen LogP contribution in [0.5, 0.6) is 0 Å². The molecular formula is C17H20NO5P. The van der Waals surface area contributed by atoms with E-state index in [0.29, 0.717) is 0 Å². The molecule has 0 aliphatic rings. The third-order valence-corrected chi connectivity index (χ3v) is 4.78. The van der Waals surface area contributed by atoms with E-state index in [9.17, 15) is 9.36 Å². The Morgan fingerprint density at radius 2 is 1.38 bits per heavy atom. The Morgan fingerprint density at radius 1 is 0.917 bits per heavy atom. The third kappa shape index (κ3) is 6.64. The number of hydrogen-bond donors (Lipinski definition) is 2. The lowest BCUT2D eigenvalue weighted by atomic mass is 10.2. The van der Waals surface area contributed by atoms with Crippen LogP contribution in [0.4, 0.5) is 0 Å². The summed E-state index contributed by atoms with van der Waals surface area (Å²) >= 11 is 0. The van der Waals surface area contributed by atoms with Gasteiger partial charge in [0.05, 0.1) is 26.0 Å². The minimum absolute atomic E-state index is 0.127. The Labute approximate surface area is 141 Å². The summed E-state index contributed by atoms with van der Waals surface area (Å²) < 4.78 is 23.8. The van der Waals surface area contributed by atoms with Gasteiger partial charge in [-0.1, -0.05) is 60.7 Å². The lowest BCUT2D eigenvalue weighted by Crippen LogP contribution is -2.24. The Balaban J connectivity index is 1.96. The largest absolute Gasteiger partial charge is 0.480 e. The van der Waals surface area contributed by atoms with E-state index in [0.717, 1.165) is 11.1 Å². The molecule has 0 bridgehead atoms. The fourth-order valence-electron chi connectivity index (χ4n) is 1.92. The van der Waals surface area contributed by atoms with Crippen LogP contribution >= 0.6 is 7.60 Å². The summed E-state index contributed by atoms with van der Waals surface area (Å²) in [6, 6.07) is 18.6. The minimum atomic E-state index is -3.48. The molecule has 0 aliphatic heterocycles. The number of carboxylic acids is 1. The summed E-state index contributed by atoms with van der Waals surface area (Å²) in [6.45, 7) is -0.0588. The fourth-order valence-corrected chi connectivity index (χ4v) is 3.26. The first-order valence-electron chi connectivity index (χ1n) is 7.46. The Bertz CT molecular complexity index is 630. The Kier molecular flexibility index (Phi) is 7.15. The lowest BCUT2D eigenvalue weighted by Gasteiger charge is -2.19. The minimum Gasteiger partial charge on any atom is -0.480 e. The SMILES string of the molecule is O=C(O)CNCP(=O)(OCc1ccccc1)OCc1ccccc1. The summed E-state index contributed by atoms with van der Waals surface area (Å²) in [7, 11) is -3.48. The molecule has 6 nitrogen and oxygen atoms in total. The highest BCUT2D eigenvalue weighted by Crippen LogP contribution is 2.48. The molecule has 2 aromatic carbocycles. The molecule has 0 spiro atoms. The maximum absolute atomic E-state index is 12.8. The zero-order valence-electron chi connectivity index (χ0n) is 13.1. The van der Waals surface area contributed by atoms with Crippen LogP contribution in [0.2, 0.25) is 0 Å². The monoisotopic (exact) mass is 349 g/mol. The second-order valence-corrected chi connectivity index (χ2v) is 7.16. The number of aliphatic carboxylic acids is 1. The molecular weight excluding hydrogens is 329 g/mol. The molecule has 0 heterocycles. The maximum atomic E-state index is 12.8. The average Bonchev–Trinajstić information content (AvgIpc) is 2.60. The molecule has 0 radical (unpaired) electrons. The van der Waals surface area contributed by atoms with Crippen molar-refractivity contribution in [2.24, 2.45) is 0 Å². The zero-order chi connectivity index (χ0) is 17.3.